The van der Waals surface area contributed by atoms with Crippen LogP contribution in [0.4, 0.5) is 14.5 Å². The highest BCUT2D eigenvalue weighted by atomic mass is 32.2. The van der Waals surface area contributed by atoms with Gasteiger partial charge in [0.15, 0.2) is 11.5 Å². The number of methoxy groups -OCH3 is 1. The van der Waals surface area contributed by atoms with E-state index in [1.165, 1.54) is 19.2 Å². The Hall–Kier alpha value is -3.07. The highest BCUT2D eigenvalue weighted by molar-refractivity contribution is 7.99. The van der Waals surface area contributed by atoms with Crippen LogP contribution in [0.1, 0.15) is 27.4 Å². The van der Waals surface area contributed by atoms with Crippen molar-refractivity contribution in [2.24, 2.45) is 0 Å². The van der Waals surface area contributed by atoms with Crippen LogP contribution < -0.4 is 14.8 Å². The molecule has 0 bridgehead atoms. The summed E-state index contributed by atoms with van der Waals surface area (Å²) in [6, 6.07) is 11.1. The topological polar surface area (TPSA) is 73.6 Å². The fourth-order valence-corrected chi connectivity index (χ4v) is 3.34. The van der Waals surface area contributed by atoms with Gasteiger partial charge in [-0.3, -0.25) is 4.79 Å². The molecule has 1 heterocycles. The number of thioether (sulfide) groups is 1. The third-order valence-corrected chi connectivity index (χ3v) is 5.12. The van der Waals surface area contributed by atoms with Crippen molar-refractivity contribution >= 4 is 23.4 Å². The van der Waals surface area contributed by atoms with Crippen molar-refractivity contribution in [3.63, 3.8) is 0 Å². The standard InChI is InChI=1S/C21H20F2N2O4S/c1-12-15(13(2)29-25-12)11-28-17-9-8-14(10-18(17)27-3)20(26)24-16-6-4-5-7-19(16)30-21(22)23/h4-10,21H,11H2,1-3H3,(H,24,26). The lowest BCUT2D eigenvalue weighted by atomic mass is 10.1. The van der Waals surface area contributed by atoms with Crippen LogP contribution in [0.25, 0.3) is 0 Å². The summed E-state index contributed by atoms with van der Waals surface area (Å²) in [4.78, 5) is 12.9. The Morgan fingerprint density at radius 3 is 2.63 bits per heavy atom. The molecular formula is C21H20F2N2O4S. The molecule has 1 aromatic heterocycles. The van der Waals surface area contributed by atoms with Crippen LogP contribution in [0.5, 0.6) is 11.5 Å². The van der Waals surface area contributed by atoms with Gasteiger partial charge in [-0.15, -0.1) is 0 Å². The number of para-hydroxylation sites is 1. The van der Waals surface area contributed by atoms with Crippen molar-refractivity contribution in [2.45, 2.75) is 31.1 Å². The molecule has 0 aliphatic carbocycles. The van der Waals surface area contributed by atoms with E-state index in [2.05, 4.69) is 10.5 Å². The molecule has 0 fully saturated rings. The van der Waals surface area contributed by atoms with Crippen molar-refractivity contribution in [3.8, 4) is 11.5 Å². The molecule has 6 nitrogen and oxygen atoms in total. The molecule has 3 aromatic rings. The largest absolute Gasteiger partial charge is 0.493 e. The van der Waals surface area contributed by atoms with Crippen LogP contribution in [-0.4, -0.2) is 23.9 Å². The van der Waals surface area contributed by atoms with Gasteiger partial charge in [0.05, 0.1) is 24.1 Å². The minimum Gasteiger partial charge on any atom is -0.493 e. The number of carbonyl (C=O) groups excluding carboxylic acids is 1. The van der Waals surface area contributed by atoms with Crippen molar-refractivity contribution < 1.29 is 27.6 Å². The van der Waals surface area contributed by atoms with E-state index in [4.69, 9.17) is 14.0 Å². The van der Waals surface area contributed by atoms with E-state index in [0.29, 0.717) is 40.3 Å². The lowest BCUT2D eigenvalue weighted by Gasteiger charge is -2.13. The van der Waals surface area contributed by atoms with E-state index in [9.17, 15) is 13.6 Å². The second-order valence-corrected chi connectivity index (χ2v) is 7.32. The first-order chi connectivity index (χ1) is 14.4. The Bertz CT molecular complexity index is 1020. The molecule has 1 amide bonds. The summed E-state index contributed by atoms with van der Waals surface area (Å²) in [7, 11) is 1.47. The van der Waals surface area contributed by atoms with Crippen LogP contribution in [0.2, 0.25) is 0 Å². The first kappa shape index (κ1) is 21.6. The second-order valence-electron chi connectivity index (χ2n) is 6.29. The van der Waals surface area contributed by atoms with Gasteiger partial charge >= 0.3 is 0 Å². The number of ether oxygens (including phenoxy) is 2. The summed E-state index contributed by atoms with van der Waals surface area (Å²) in [5, 5.41) is 6.55. The van der Waals surface area contributed by atoms with Crippen LogP contribution in [0.3, 0.4) is 0 Å². The molecular weight excluding hydrogens is 414 g/mol. The summed E-state index contributed by atoms with van der Waals surface area (Å²) in [6.07, 6.45) is 0. The number of nitrogens with one attached hydrogen (secondary N) is 1. The number of hydrogen-bond donors (Lipinski definition) is 1. The number of amides is 1. The molecule has 0 radical (unpaired) electrons. The first-order valence-electron chi connectivity index (χ1n) is 8.96. The van der Waals surface area contributed by atoms with Gasteiger partial charge in [0.1, 0.15) is 12.4 Å². The number of carbonyl (C=O) groups is 1. The fraction of sp³-hybridized carbons (Fsp3) is 0.238. The van der Waals surface area contributed by atoms with E-state index in [-0.39, 0.29) is 11.5 Å². The summed E-state index contributed by atoms with van der Waals surface area (Å²) < 4.78 is 41.7. The summed E-state index contributed by atoms with van der Waals surface area (Å²) >= 11 is 0.374. The zero-order valence-electron chi connectivity index (χ0n) is 16.6. The molecule has 9 heteroatoms. The SMILES string of the molecule is COc1cc(C(=O)Nc2ccccc2SC(F)F)ccc1OCc1c(C)noc1C. The van der Waals surface area contributed by atoms with Crippen molar-refractivity contribution in [1.82, 2.24) is 5.16 Å². The average molecular weight is 434 g/mol. The molecule has 0 aliphatic heterocycles. The Balaban J connectivity index is 1.75. The molecule has 0 spiro atoms. The highest BCUT2D eigenvalue weighted by Crippen LogP contribution is 2.33. The van der Waals surface area contributed by atoms with E-state index in [1.807, 2.05) is 6.92 Å². The van der Waals surface area contributed by atoms with Crippen LogP contribution in [0.15, 0.2) is 51.9 Å². The number of rotatable bonds is 8. The maximum atomic E-state index is 12.7. The predicted molar refractivity (Wildman–Crippen MR) is 110 cm³/mol. The lowest BCUT2D eigenvalue weighted by molar-refractivity contribution is 0.102. The molecule has 30 heavy (non-hydrogen) atoms. The van der Waals surface area contributed by atoms with E-state index < -0.39 is 11.7 Å². The maximum absolute atomic E-state index is 12.7. The predicted octanol–water partition coefficient (Wildman–Crippen LogP) is 5.45. The molecule has 2 aromatic carbocycles. The van der Waals surface area contributed by atoms with Gasteiger partial charge < -0.3 is 19.3 Å². The third kappa shape index (κ3) is 5.10. The van der Waals surface area contributed by atoms with Crippen LogP contribution in [0, 0.1) is 13.8 Å². The van der Waals surface area contributed by atoms with E-state index in [0.717, 1.165) is 11.3 Å². The van der Waals surface area contributed by atoms with Crippen molar-refractivity contribution in [3.05, 3.63) is 65.0 Å². The van der Waals surface area contributed by atoms with Gasteiger partial charge in [0.2, 0.25) is 0 Å². The molecule has 1 N–H and O–H groups in total. The maximum Gasteiger partial charge on any atom is 0.288 e. The lowest BCUT2D eigenvalue weighted by Crippen LogP contribution is -2.13. The summed E-state index contributed by atoms with van der Waals surface area (Å²) in [5.41, 5.74) is 2.19. The Labute approximate surface area is 176 Å². The Morgan fingerprint density at radius 1 is 1.20 bits per heavy atom. The number of anilines is 1. The summed E-state index contributed by atoms with van der Waals surface area (Å²) in [5.74, 6) is -1.56. The second kappa shape index (κ2) is 9.62. The van der Waals surface area contributed by atoms with Crippen LogP contribution >= 0.6 is 11.8 Å². The van der Waals surface area contributed by atoms with Crippen molar-refractivity contribution in [1.29, 1.82) is 0 Å². The van der Waals surface area contributed by atoms with Gasteiger partial charge in [-0.2, -0.15) is 8.78 Å². The molecule has 0 aliphatic rings. The van der Waals surface area contributed by atoms with E-state index >= 15 is 0 Å². The molecule has 0 atom stereocenters. The quantitative estimate of drug-likeness (QED) is 0.476. The van der Waals surface area contributed by atoms with E-state index in [1.54, 1.807) is 37.3 Å². The number of alkyl halides is 2. The average Bonchev–Trinajstić information content (AvgIpc) is 3.04. The molecule has 0 saturated heterocycles. The molecule has 0 unspecified atom stereocenters. The van der Waals surface area contributed by atoms with Gasteiger partial charge in [-0.25, -0.2) is 0 Å². The number of aryl methyl sites for hydroxylation is 2. The van der Waals surface area contributed by atoms with Crippen molar-refractivity contribution in [2.75, 3.05) is 12.4 Å². The van der Waals surface area contributed by atoms with Gasteiger partial charge in [-0.05, 0) is 44.2 Å². The van der Waals surface area contributed by atoms with Gasteiger partial charge in [0.25, 0.3) is 11.7 Å². The molecule has 158 valence electrons. The monoisotopic (exact) mass is 434 g/mol. The fourth-order valence-electron chi connectivity index (χ4n) is 2.75. The van der Waals surface area contributed by atoms with Gasteiger partial charge in [-0.1, -0.05) is 29.1 Å². The minimum absolute atomic E-state index is 0.237. The zero-order valence-corrected chi connectivity index (χ0v) is 17.4. The number of nitrogens with zero attached hydrogens (tertiary/aromatic N) is 1. The van der Waals surface area contributed by atoms with Crippen LogP contribution in [-0.2, 0) is 6.61 Å². The molecule has 0 saturated carbocycles. The normalized spacial score (nSPS) is 10.9. The number of hydrogen-bond acceptors (Lipinski definition) is 6. The number of halogens is 2. The first-order valence-corrected chi connectivity index (χ1v) is 9.84. The summed E-state index contributed by atoms with van der Waals surface area (Å²) in [6.45, 7) is 3.86. The Kier molecular flexibility index (Phi) is 6.94. The molecule has 3 rings (SSSR count). The highest BCUT2D eigenvalue weighted by Gasteiger charge is 2.16. The third-order valence-electron chi connectivity index (χ3n) is 4.33. The zero-order chi connectivity index (χ0) is 21.7. The Morgan fingerprint density at radius 2 is 1.97 bits per heavy atom. The minimum atomic E-state index is -2.59. The number of benzene rings is 2. The van der Waals surface area contributed by atoms with Gasteiger partial charge in [0, 0.05) is 10.5 Å². The smallest absolute Gasteiger partial charge is 0.288 e. The number of aromatic nitrogens is 1.